The molecular formula is C31H31Cl2N3O7S. The maximum absolute atomic E-state index is 12.3. The van der Waals surface area contributed by atoms with Crippen LogP contribution in [0.3, 0.4) is 0 Å². The van der Waals surface area contributed by atoms with Gasteiger partial charge in [0.1, 0.15) is 41.0 Å². The summed E-state index contributed by atoms with van der Waals surface area (Å²) in [5.41, 5.74) is 3.20. The molecule has 7 rings (SSSR count). The highest BCUT2D eigenvalue weighted by molar-refractivity contribution is 7.22. The Bertz CT molecular complexity index is 1680. The number of ether oxygens (including phenoxy) is 5. The Morgan fingerprint density at radius 2 is 1.91 bits per heavy atom. The molecule has 13 heteroatoms. The quantitative estimate of drug-likeness (QED) is 0.181. The predicted octanol–water partition coefficient (Wildman–Crippen LogP) is 6.87. The molecule has 10 nitrogen and oxygen atoms in total. The fourth-order valence-electron chi connectivity index (χ4n) is 5.77. The molecule has 1 saturated carbocycles. The topological polar surface area (TPSA) is 114 Å². The van der Waals surface area contributed by atoms with E-state index in [2.05, 4.69) is 10.5 Å². The summed E-state index contributed by atoms with van der Waals surface area (Å²) in [6, 6.07) is 8.68. The minimum absolute atomic E-state index is 0.0899. The maximum atomic E-state index is 12.3. The molecule has 2 unspecified atom stereocenters. The Kier molecular flexibility index (Phi) is 8.19. The van der Waals surface area contributed by atoms with Crippen molar-refractivity contribution < 1.29 is 33.0 Å². The number of nitrogens with zero attached hydrogens (tertiary/aromatic N) is 2. The van der Waals surface area contributed by atoms with E-state index in [1.165, 1.54) is 18.4 Å². The summed E-state index contributed by atoms with van der Waals surface area (Å²) < 4.78 is 36.3. The summed E-state index contributed by atoms with van der Waals surface area (Å²) in [4.78, 5) is 17.1. The molecule has 2 aliphatic heterocycles. The van der Waals surface area contributed by atoms with E-state index in [-0.39, 0.29) is 37.1 Å². The molecule has 0 radical (unpaired) electrons. The third-order valence-corrected chi connectivity index (χ3v) is 9.53. The van der Waals surface area contributed by atoms with Gasteiger partial charge in [-0.1, -0.05) is 45.8 Å². The number of esters is 1. The molecule has 0 amide bonds. The van der Waals surface area contributed by atoms with E-state index in [0.717, 1.165) is 28.9 Å². The van der Waals surface area contributed by atoms with Gasteiger partial charge in [0.15, 0.2) is 5.13 Å². The first kappa shape index (κ1) is 29.8. The normalized spacial score (nSPS) is 23.0. The lowest BCUT2D eigenvalue weighted by atomic mass is 10.0. The van der Waals surface area contributed by atoms with Gasteiger partial charge in [-0.2, -0.15) is 0 Å². The van der Waals surface area contributed by atoms with Crippen molar-refractivity contribution >= 4 is 55.9 Å². The number of hydrogen-bond donors (Lipinski definition) is 1. The van der Waals surface area contributed by atoms with Crippen molar-refractivity contribution in [3.63, 3.8) is 0 Å². The molecule has 0 spiro atoms. The van der Waals surface area contributed by atoms with Crippen LogP contribution in [0.1, 0.15) is 54.3 Å². The van der Waals surface area contributed by atoms with Crippen LogP contribution in [0.4, 0.5) is 5.13 Å². The van der Waals surface area contributed by atoms with Gasteiger partial charge in [0.25, 0.3) is 0 Å². The minimum Gasteiger partial charge on any atom is -0.489 e. The van der Waals surface area contributed by atoms with E-state index in [0.29, 0.717) is 62.4 Å². The Hall–Kier alpha value is -2.93. The van der Waals surface area contributed by atoms with Gasteiger partial charge in [0.05, 0.1) is 59.4 Å². The largest absolute Gasteiger partial charge is 0.489 e. The smallest absolute Gasteiger partial charge is 0.338 e. The van der Waals surface area contributed by atoms with Crippen molar-refractivity contribution in [2.24, 2.45) is 0 Å². The van der Waals surface area contributed by atoms with E-state index in [4.69, 9.17) is 56.4 Å². The second kappa shape index (κ2) is 12.1. The molecule has 1 aliphatic carbocycles. The van der Waals surface area contributed by atoms with E-state index in [1.807, 2.05) is 13.8 Å². The number of methoxy groups -OCH3 is 1. The molecule has 232 valence electrons. The number of thiazole rings is 1. The average Bonchev–Trinajstić information content (AvgIpc) is 3.29. The van der Waals surface area contributed by atoms with Gasteiger partial charge in [-0.3, -0.25) is 0 Å². The number of anilines is 1. The van der Waals surface area contributed by atoms with Crippen molar-refractivity contribution in [1.29, 1.82) is 0 Å². The number of benzene rings is 2. The van der Waals surface area contributed by atoms with Crippen molar-refractivity contribution in [3.8, 4) is 17.0 Å². The first-order valence-corrected chi connectivity index (χ1v) is 16.1. The minimum atomic E-state index is -0.432. The maximum Gasteiger partial charge on any atom is 0.338 e. The van der Waals surface area contributed by atoms with Crippen LogP contribution in [0.15, 0.2) is 34.9 Å². The Morgan fingerprint density at radius 3 is 2.64 bits per heavy atom. The number of carbonyl (C=O) groups is 1. The van der Waals surface area contributed by atoms with Gasteiger partial charge in [-0.15, -0.1) is 0 Å². The number of fused-ring (bicyclic) bond motifs is 2. The molecule has 4 heterocycles. The fourth-order valence-corrected chi connectivity index (χ4v) is 7.33. The lowest BCUT2D eigenvalue weighted by Crippen LogP contribution is -2.36. The van der Waals surface area contributed by atoms with E-state index >= 15 is 0 Å². The number of carbonyl (C=O) groups excluding carboxylic acids is 1. The predicted molar refractivity (Wildman–Crippen MR) is 166 cm³/mol. The summed E-state index contributed by atoms with van der Waals surface area (Å²) in [7, 11) is 1.36. The van der Waals surface area contributed by atoms with Crippen molar-refractivity contribution in [1.82, 2.24) is 10.1 Å². The van der Waals surface area contributed by atoms with E-state index in [1.54, 1.807) is 30.3 Å². The average molecular weight is 661 g/mol. The highest BCUT2D eigenvalue weighted by atomic mass is 35.5. The summed E-state index contributed by atoms with van der Waals surface area (Å²) in [5, 5.41) is 9.54. The lowest BCUT2D eigenvalue weighted by molar-refractivity contribution is -0.0390. The zero-order valence-electron chi connectivity index (χ0n) is 24.3. The first-order chi connectivity index (χ1) is 21.3. The first-order valence-electron chi connectivity index (χ1n) is 14.5. The lowest BCUT2D eigenvalue weighted by Gasteiger charge is -2.18. The second-order valence-corrected chi connectivity index (χ2v) is 13.3. The van der Waals surface area contributed by atoms with Gasteiger partial charge < -0.3 is 33.5 Å². The number of aromatic nitrogens is 2. The van der Waals surface area contributed by atoms with Gasteiger partial charge >= 0.3 is 5.97 Å². The molecule has 0 bridgehead atoms. The molecule has 4 aromatic rings. The molecule has 44 heavy (non-hydrogen) atoms. The number of nitrogens with one attached hydrogen (secondary N) is 1. The van der Waals surface area contributed by atoms with Crippen molar-refractivity contribution in [2.45, 2.75) is 69.7 Å². The second-order valence-electron chi connectivity index (χ2n) is 11.4. The van der Waals surface area contributed by atoms with Crippen LogP contribution in [-0.4, -0.2) is 66.9 Å². The third kappa shape index (κ3) is 5.65. The number of hydrogen-bond acceptors (Lipinski definition) is 11. The number of rotatable bonds is 10. The molecule has 1 N–H and O–H groups in total. The summed E-state index contributed by atoms with van der Waals surface area (Å²) >= 11 is 14.5. The zero-order valence-corrected chi connectivity index (χ0v) is 26.6. The summed E-state index contributed by atoms with van der Waals surface area (Å²) in [6.07, 6.45) is 1.23. The molecular weight excluding hydrogens is 629 g/mol. The highest BCUT2D eigenvalue weighted by Gasteiger charge is 2.49. The van der Waals surface area contributed by atoms with Crippen LogP contribution < -0.4 is 10.1 Å². The standard InChI is InChI=1S/C31H31Cl2N3O7S/c1-14(2)42-21-9-16(30(37)38-3)10-23-26(21)35-31(44-23)34-20-12-40-29-22(13-41-28(20)29)39-11-17-25(36-43-27(17)15-7-8-15)24-18(32)5-4-6-19(24)33/h4-6,9-10,14-15,20,22,28-29H,7-8,11-13H2,1-3H3,(H,34,35)/t20?,22?,28-,29-/m1/s1. The van der Waals surface area contributed by atoms with Crippen LogP contribution in [-0.2, 0) is 25.6 Å². The van der Waals surface area contributed by atoms with Crippen LogP contribution in [0, 0.1) is 0 Å². The van der Waals surface area contributed by atoms with Crippen LogP contribution in [0.2, 0.25) is 10.0 Å². The van der Waals surface area contributed by atoms with Crippen LogP contribution in [0.25, 0.3) is 21.5 Å². The molecule has 2 saturated heterocycles. The SMILES string of the molecule is COC(=O)c1cc(OC(C)C)c2nc(NC3CO[C@@H]4C(OCc5c(-c6c(Cl)cccc6Cl)noc5C5CC5)CO[C@H]34)sc2c1. The van der Waals surface area contributed by atoms with Gasteiger partial charge in [-0.05, 0) is 51.0 Å². The van der Waals surface area contributed by atoms with Crippen molar-refractivity contribution in [2.75, 3.05) is 25.6 Å². The summed E-state index contributed by atoms with van der Waals surface area (Å²) in [5.74, 6) is 1.25. The molecule has 2 aromatic carbocycles. The van der Waals surface area contributed by atoms with E-state index < -0.39 is 5.97 Å². The van der Waals surface area contributed by atoms with Crippen LogP contribution >= 0.6 is 34.5 Å². The number of halogens is 2. The Labute approximate surface area is 267 Å². The van der Waals surface area contributed by atoms with Gasteiger partial charge in [0, 0.05) is 17.0 Å². The van der Waals surface area contributed by atoms with Gasteiger partial charge in [0.2, 0.25) is 0 Å². The zero-order chi connectivity index (χ0) is 30.5. The van der Waals surface area contributed by atoms with Crippen molar-refractivity contribution in [3.05, 3.63) is 57.3 Å². The summed E-state index contributed by atoms with van der Waals surface area (Å²) in [6.45, 7) is 4.93. The molecule has 3 fully saturated rings. The fraction of sp³-hybridized carbons (Fsp3) is 0.452. The molecule has 2 aromatic heterocycles. The Balaban J connectivity index is 1.06. The molecule has 3 aliphatic rings. The van der Waals surface area contributed by atoms with Crippen LogP contribution in [0.5, 0.6) is 5.75 Å². The van der Waals surface area contributed by atoms with Gasteiger partial charge in [-0.25, -0.2) is 9.78 Å². The van der Waals surface area contributed by atoms with E-state index in [9.17, 15) is 4.79 Å². The highest BCUT2D eigenvalue weighted by Crippen LogP contribution is 2.46. The Morgan fingerprint density at radius 1 is 1.14 bits per heavy atom. The third-order valence-electron chi connectivity index (χ3n) is 7.97. The molecule has 4 atom stereocenters. The monoisotopic (exact) mass is 659 g/mol.